The Morgan fingerprint density at radius 2 is 2.00 bits per heavy atom. The van der Waals surface area contributed by atoms with Crippen LogP contribution in [0.4, 0.5) is 10.1 Å². The lowest BCUT2D eigenvalue weighted by atomic mass is 10.00. The predicted octanol–water partition coefficient (Wildman–Crippen LogP) is 2.32. The van der Waals surface area contributed by atoms with Crippen LogP contribution in [0.5, 0.6) is 0 Å². The zero-order valence-electron chi connectivity index (χ0n) is 11.3. The van der Waals surface area contributed by atoms with Gasteiger partial charge in [-0.15, -0.1) is 0 Å². The summed E-state index contributed by atoms with van der Waals surface area (Å²) in [6, 6.07) is 4.39. The largest absolute Gasteiger partial charge is 0.398 e. The van der Waals surface area contributed by atoms with Crippen molar-refractivity contribution in [3.8, 4) is 0 Å². The van der Waals surface area contributed by atoms with E-state index in [4.69, 9.17) is 5.73 Å². The fourth-order valence-electron chi connectivity index (χ4n) is 2.54. The van der Waals surface area contributed by atoms with E-state index in [0.29, 0.717) is 0 Å². The first-order valence-electron chi connectivity index (χ1n) is 6.63. The predicted molar refractivity (Wildman–Crippen MR) is 72.9 cm³/mol. The molecule has 1 amide bonds. The maximum Gasteiger partial charge on any atom is 0.267 e. The molecule has 4 nitrogen and oxygen atoms in total. The summed E-state index contributed by atoms with van der Waals surface area (Å²) >= 11 is 0. The molecule has 2 rings (SSSR count). The molecule has 5 heteroatoms. The van der Waals surface area contributed by atoms with Crippen LogP contribution in [0, 0.1) is 5.82 Å². The number of anilines is 1. The van der Waals surface area contributed by atoms with Gasteiger partial charge in [0, 0.05) is 17.8 Å². The van der Waals surface area contributed by atoms with E-state index in [1.54, 1.807) is 0 Å². The van der Waals surface area contributed by atoms with Crippen LogP contribution in [0.3, 0.4) is 0 Å². The van der Waals surface area contributed by atoms with Gasteiger partial charge in [-0.2, -0.15) is 0 Å². The molecule has 2 unspecified atom stereocenters. The number of hydrazine groups is 1. The average molecular weight is 265 g/mol. The topological polar surface area (TPSA) is 58.4 Å². The van der Waals surface area contributed by atoms with Crippen molar-refractivity contribution in [2.24, 2.45) is 0 Å². The lowest BCUT2D eigenvalue weighted by Gasteiger charge is -2.38. The molecule has 0 radical (unpaired) electrons. The zero-order chi connectivity index (χ0) is 14.0. The van der Waals surface area contributed by atoms with Gasteiger partial charge < -0.3 is 5.73 Å². The second-order valence-corrected chi connectivity index (χ2v) is 5.21. The third kappa shape index (κ3) is 3.04. The maximum atomic E-state index is 13.2. The van der Waals surface area contributed by atoms with Crippen LogP contribution in [0.1, 0.15) is 43.5 Å². The standard InChI is InChI=1S/C14H20FN3O/c1-9-4-3-5-10(2)18(9)17-14(19)12-8-11(15)6-7-13(12)16/h6-10H,3-5,16H2,1-2H3,(H,17,19). The Hall–Kier alpha value is -1.62. The highest BCUT2D eigenvalue weighted by Gasteiger charge is 2.26. The van der Waals surface area contributed by atoms with E-state index in [2.05, 4.69) is 19.3 Å². The van der Waals surface area contributed by atoms with Gasteiger partial charge in [0.25, 0.3) is 5.91 Å². The molecule has 0 bridgehead atoms. The fourth-order valence-corrected chi connectivity index (χ4v) is 2.54. The number of hydrogen-bond acceptors (Lipinski definition) is 3. The molecule has 1 fully saturated rings. The van der Waals surface area contributed by atoms with E-state index in [9.17, 15) is 9.18 Å². The van der Waals surface area contributed by atoms with Crippen molar-refractivity contribution in [1.29, 1.82) is 0 Å². The summed E-state index contributed by atoms with van der Waals surface area (Å²) in [7, 11) is 0. The van der Waals surface area contributed by atoms with Gasteiger partial charge in [0.2, 0.25) is 0 Å². The molecule has 1 aliphatic heterocycles. The smallest absolute Gasteiger partial charge is 0.267 e. The van der Waals surface area contributed by atoms with E-state index in [1.165, 1.54) is 18.2 Å². The average Bonchev–Trinajstić information content (AvgIpc) is 2.37. The van der Waals surface area contributed by atoms with Crippen molar-refractivity contribution < 1.29 is 9.18 Å². The number of benzene rings is 1. The number of carbonyl (C=O) groups is 1. The lowest BCUT2D eigenvalue weighted by molar-refractivity contribution is 0.0370. The van der Waals surface area contributed by atoms with Gasteiger partial charge in [0.15, 0.2) is 0 Å². The van der Waals surface area contributed by atoms with Gasteiger partial charge in [0.05, 0.1) is 5.56 Å². The van der Waals surface area contributed by atoms with Crippen LogP contribution in [-0.4, -0.2) is 23.0 Å². The van der Waals surface area contributed by atoms with Crippen LogP contribution in [0.25, 0.3) is 0 Å². The van der Waals surface area contributed by atoms with Gasteiger partial charge in [0.1, 0.15) is 5.82 Å². The van der Waals surface area contributed by atoms with Crippen LogP contribution in [-0.2, 0) is 0 Å². The molecule has 1 aromatic carbocycles. The first kappa shape index (κ1) is 13.8. The molecular weight excluding hydrogens is 245 g/mol. The number of halogens is 1. The summed E-state index contributed by atoms with van der Waals surface area (Å²) in [5.41, 5.74) is 9.04. The molecule has 1 heterocycles. The number of nitrogen functional groups attached to an aromatic ring is 1. The van der Waals surface area contributed by atoms with Crippen LogP contribution >= 0.6 is 0 Å². The number of rotatable bonds is 2. The Morgan fingerprint density at radius 3 is 2.63 bits per heavy atom. The highest BCUT2D eigenvalue weighted by Crippen LogP contribution is 2.21. The van der Waals surface area contributed by atoms with Gasteiger partial charge in [-0.1, -0.05) is 6.42 Å². The molecule has 0 aromatic heterocycles. The van der Waals surface area contributed by atoms with Gasteiger partial charge in [-0.25, -0.2) is 9.40 Å². The fraction of sp³-hybridized carbons (Fsp3) is 0.500. The molecule has 3 N–H and O–H groups in total. The van der Waals surface area contributed by atoms with Gasteiger partial charge >= 0.3 is 0 Å². The minimum Gasteiger partial charge on any atom is -0.398 e. The van der Waals surface area contributed by atoms with Crippen molar-refractivity contribution in [3.63, 3.8) is 0 Å². The van der Waals surface area contributed by atoms with Crippen LogP contribution < -0.4 is 11.2 Å². The number of carbonyl (C=O) groups excluding carboxylic acids is 1. The Labute approximate surface area is 112 Å². The molecule has 1 saturated heterocycles. The lowest BCUT2D eigenvalue weighted by Crippen LogP contribution is -2.54. The number of hydrogen-bond donors (Lipinski definition) is 2. The summed E-state index contributed by atoms with van der Waals surface area (Å²) in [4.78, 5) is 12.2. The Morgan fingerprint density at radius 1 is 1.37 bits per heavy atom. The van der Waals surface area contributed by atoms with Crippen molar-refractivity contribution in [2.45, 2.75) is 45.2 Å². The molecule has 104 valence electrons. The minimum absolute atomic E-state index is 0.185. The number of nitrogens with one attached hydrogen (secondary N) is 1. The molecule has 0 aliphatic carbocycles. The Kier molecular flexibility index (Phi) is 4.04. The first-order valence-corrected chi connectivity index (χ1v) is 6.63. The van der Waals surface area contributed by atoms with Crippen LogP contribution in [0.15, 0.2) is 18.2 Å². The van der Waals surface area contributed by atoms with E-state index in [1.807, 2.05) is 5.01 Å². The minimum atomic E-state index is -0.459. The highest BCUT2D eigenvalue weighted by molar-refractivity contribution is 5.98. The molecule has 19 heavy (non-hydrogen) atoms. The van der Waals surface area contributed by atoms with E-state index >= 15 is 0 Å². The SMILES string of the molecule is CC1CCCC(C)N1NC(=O)c1cc(F)ccc1N. The summed E-state index contributed by atoms with van der Waals surface area (Å²) in [5, 5.41) is 1.94. The van der Waals surface area contributed by atoms with E-state index < -0.39 is 5.82 Å². The molecule has 0 spiro atoms. The molecule has 0 saturated carbocycles. The van der Waals surface area contributed by atoms with Gasteiger partial charge in [-0.05, 0) is 44.9 Å². The summed E-state index contributed by atoms with van der Waals surface area (Å²) in [6.45, 7) is 4.15. The number of amides is 1. The second kappa shape index (κ2) is 5.57. The van der Waals surface area contributed by atoms with E-state index in [-0.39, 0.29) is 29.2 Å². The third-order valence-corrected chi connectivity index (χ3v) is 3.68. The van der Waals surface area contributed by atoms with Crippen molar-refractivity contribution in [2.75, 3.05) is 5.73 Å². The third-order valence-electron chi connectivity index (χ3n) is 3.68. The molecule has 2 atom stereocenters. The summed E-state index contributed by atoms with van der Waals surface area (Å²) in [5.74, 6) is -0.809. The quantitative estimate of drug-likeness (QED) is 0.807. The first-order chi connectivity index (χ1) is 8.99. The van der Waals surface area contributed by atoms with E-state index in [0.717, 1.165) is 19.3 Å². The Balaban J connectivity index is 2.14. The maximum absolute atomic E-state index is 13.2. The zero-order valence-corrected chi connectivity index (χ0v) is 11.3. The Bertz CT molecular complexity index is 468. The number of nitrogens with zero attached hydrogens (tertiary/aromatic N) is 1. The van der Waals surface area contributed by atoms with Crippen LogP contribution in [0.2, 0.25) is 0 Å². The normalized spacial score (nSPS) is 24.2. The monoisotopic (exact) mass is 265 g/mol. The number of nitrogens with two attached hydrogens (primary N) is 1. The highest BCUT2D eigenvalue weighted by atomic mass is 19.1. The van der Waals surface area contributed by atoms with Crippen molar-refractivity contribution in [1.82, 2.24) is 10.4 Å². The number of piperidine rings is 1. The molecule has 1 aliphatic rings. The summed E-state index contributed by atoms with van der Waals surface area (Å²) < 4.78 is 13.2. The van der Waals surface area contributed by atoms with Gasteiger partial charge in [-0.3, -0.25) is 10.2 Å². The molecule has 1 aromatic rings. The molecular formula is C14H20FN3O. The van der Waals surface area contributed by atoms with Crippen molar-refractivity contribution >= 4 is 11.6 Å². The summed E-state index contributed by atoms with van der Waals surface area (Å²) in [6.07, 6.45) is 3.25. The van der Waals surface area contributed by atoms with Crippen molar-refractivity contribution in [3.05, 3.63) is 29.6 Å². The second-order valence-electron chi connectivity index (χ2n) is 5.21.